The summed E-state index contributed by atoms with van der Waals surface area (Å²) in [6.45, 7) is 0. The molecular weight excluding hydrogens is 104 g/mol. The van der Waals surface area contributed by atoms with Crippen molar-refractivity contribution < 1.29 is 4.39 Å². The van der Waals surface area contributed by atoms with E-state index in [1.54, 1.807) is 0 Å². The second-order valence-corrected chi connectivity index (χ2v) is 1.06. The molecule has 0 aliphatic carbocycles. The normalized spacial score (nSPS) is 12.8. The van der Waals surface area contributed by atoms with Crippen molar-refractivity contribution in [1.82, 2.24) is 0 Å². The second-order valence-electron chi connectivity index (χ2n) is 0.751. The highest BCUT2D eigenvalue weighted by Crippen LogP contribution is 1.88. The van der Waals surface area contributed by atoms with Crippen LogP contribution in [0, 0.1) is 11.3 Å². The minimum atomic E-state index is -1.49. The number of nitriles is 1. The summed E-state index contributed by atoms with van der Waals surface area (Å²) in [6, 6.07) is 1.32. The van der Waals surface area contributed by atoms with Crippen molar-refractivity contribution in [2.24, 2.45) is 0 Å². The van der Waals surface area contributed by atoms with Gasteiger partial charge in [-0.3, -0.25) is 0 Å². The molecule has 0 radical (unpaired) electrons. The fraction of sp³-hybridized carbons (Fsp3) is 0.667. The number of alkyl halides is 2. The number of nitrogens with zero attached hydrogens (tertiary/aromatic N) is 1. The predicted molar refractivity (Wildman–Crippen MR) is 21.2 cm³/mol. The second kappa shape index (κ2) is 2.92. The molecule has 1 unspecified atom stereocenters. The molecule has 6 heavy (non-hydrogen) atoms. The summed E-state index contributed by atoms with van der Waals surface area (Å²) in [4.78, 5) is 0. The maximum atomic E-state index is 11.4. The third-order valence-corrected chi connectivity index (χ3v) is 0.547. The maximum Gasteiger partial charge on any atom is 0.199 e. The number of halogens is 2. The van der Waals surface area contributed by atoms with E-state index in [4.69, 9.17) is 16.9 Å². The van der Waals surface area contributed by atoms with Crippen LogP contribution in [-0.2, 0) is 0 Å². The van der Waals surface area contributed by atoms with Gasteiger partial charge in [0.15, 0.2) is 6.17 Å². The molecule has 0 aliphatic heterocycles. The van der Waals surface area contributed by atoms with Gasteiger partial charge in [0.1, 0.15) is 6.07 Å². The molecule has 0 N–H and O–H groups in total. The summed E-state index contributed by atoms with van der Waals surface area (Å²) in [5.41, 5.74) is 0. The Balaban J connectivity index is 3.04. The Labute approximate surface area is 40.3 Å². The smallest absolute Gasteiger partial charge is 0.199 e. The highest BCUT2D eigenvalue weighted by molar-refractivity contribution is 6.18. The molecule has 0 fully saturated rings. The zero-order valence-corrected chi connectivity index (χ0v) is 3.74. The van der Waals surface area contributed by atoms with Crippen molar-refractivity contribution in [3.63, 3.8) is 0 Å². The average Bonchev–Trinajstić information content (AvgIpc) is 1.65. The Morgan fingerprint density at radius 3 is 2.50 bits per heavy atom. The molecule has 0 saturated carbocycles. The van der Waals surface area contributed by atoms with Gasteiger partial charge in [-0.1, -0.05) is 0 Å². The first-order valence-corrected chi connectivity index (χ1v) is 1.94. The van der Waals surface area contributed by atoms with E-state index in [2.05, 4.69) is 0 Å². The summed E-state index contributed by atoms with van der Waals surface area (Å²) in [7, 11) is 0. The van der Waals surface area contributed by atoms with Crippen LogP contribution in [0.1, 0.15) is 0 Å². The maximum absolute atomic E-state index is 11.4. The van der Waals surface area contributed by atoms with E-state index in [1.807, 2.05) is 0 Å². The van der Waals surface area contributed by atoms with Crippen LogP contribution in [0.3, 0.4) is 0 Å². The molecule has 0 saturated heterocycles. The summed E-state index contributed by atoms with van der Waals surface area (Å²) in [5.74, 6) is -0.226. The van der Waals surface area contributed by atoms with E-state index in [-0.39, 0.29) is 5.88 Å². The van der Waals surface area contributed by atoms with Crippen molar-refractivity contribution in [2.75, 3.05) is 5.88 Å². The highest BCUT2D eigenvalue weighted by atomic mass is 35.5. The molecule has 0 heterocycles. The summed E-state index contributed by atoms with van der Waals surface area (Å²) in [6.07, 6.45) is -1.49. The van der Waals surface area contributed by atoms with Crippen LogP contribution in [0.25, 0.3) is 0 Å². The van der Waals surface area contributed by atoms with Gasteiger partial charge in [0.25, 0.3) is 0 Å². The minimum absolute atomic E-state index is 0.226. The molecule has 0 aliphatic rings. The van der Waals surface area contributed by atoms with Crippen molar-refractivity contribution in [2.45, 2.75) is 6.17 Å². The fourth-order valence-electron chi connectivity index (χ4n) is 0.0345. The van der Waals surface area contributed by atoms with E-state index >= 15 is 0 Å². The number of hydrogen-bond acceptors (Lipinski definition) is 1. The lowest BCUT2D eigenvalue weighted by Crippen LogP contribution is -1.93. The lowest BCUT2D eigenvalue weighted by Gasteiger charge is -1.80. The Bertz CT molecular complexity index is 67.7. The van der Waals surface area contributed by atoms with Crippen LogP contribution < -0.4 is 0 Å². The third-order valence-electron chi connectivity index (χ3n) is 0.276. The first kappa shape index (κ1) is 5.71. The van der Waals surface area contributed by atoms with Crippen molar-refractivity contribution in [1.29, 1.82) is 5.26 Å². The lowest BCUT2D eigenvalue weighted by molar-refractivity contribution is 0.444. The standard InChI is InChI=1S/C3H3ClFN/c4-1-3(5)2-6/h3H,1H2. The molecule has 3 heteroatoms. The quantitative estimate of drug-likeness (QED) is 0.460. The highest BCUT2D eigenvalue weighted by Gasteiger charge is 1.96. The average molecular weight is 108 g/mol. The van der Waals surface area contributed by atoms with Gasteiger partial charge in [0.2, 0.25) is 0 Å². The van der Waals surface area contributed by atoms with Crippen LogP contribution in [0.2, 0.25) is 0 Å². The van der Waals surface area contributed by atoms with Crippen LogP contribution in [0.5, 0.6) is 0 Å². The van der Waals surface area contributed by atoms with Gasteiger partial charge in [-0.25, -0.2) is 4.39 Å². The fourth-order valence-corrected chi connectivity index (χ4v) is 0.104. The molecule has 0 bridgehead atoms. The topological polar surface area (TPSA) is 23.8 Å². The van der Waals surface area contributed by atoms with Crippen molar-refractivity contribution in [3.8, 4) is 6.07 Å². The molecule has 1 atom stereocenters. The van der Waals surface area contributed by atoms with E-state index in [0.29, 0.717) is 0 Å². The van der Waals surface area contributed by atoms with Gasteiger partial charge in [-0.05, 0) is 0 Å². The summed E-state index contributed by atoms with van der Waals surface area (Å²) >= 11 is 4.85. The van der Waals surface area contributed by atoms with Gasteiger partial charge in [-0.2, -0.15) is 5.26 Å². The number of rotatable bonds is 1. The Kier molecular flexibility index (Phi) is 2.78. The molecule has 0 aromatic carbocycles. The zero-order valence-electron chi connectivity index (χ0n) is 2.99. The van der Waals surface area contributed by atoms with E-state index in [0.717, 1.165) is 0 Å². The molecule has 0 aromatic rings. The SMILES string of the molecule is N#CC(F)CCl. The van der Waals surface area contributed by atoms with Gasteiger partial charge >= 0.3 is 0 Å². The van der Waals surface area contributed by atoms with E-state index < -0.39 is 6.17 Å². The van der Waals surface area contributed by atoms with Crippen molar-refractivity contribution >= 4 is 11.6 Å². The van der Waals surface area contributed by atoms with Crippen LogP contribution >= 0.6 is 11.6 Å². The van der Waals surface area contributed by atoms with Crippen LogP contribution in [-0.4, -0.2) is 12.1 Å². The van der Waals surface area contributed by atoms with Crippen molar-refractivity contribution in [3.05, 3.63) is 0 Å². The largest absolute Gasteiger partial charge is 0.230 e. The van der Waals surface area contributed by atoms with E-state index in [9.17, 15) is 4.39 Å². The molecule has 0 rings (SSSR count). The van der Waals surface area contributed by atoms with Gasteiger partial charge < -0.3 is 0 Å². The van der Waals surface area contributed by atoms with Gasteiger partial charge in [0, 0.05) is 0 Å². The molecular formula is C3H3ClFN. The summed E-state index contributed by atoms with van der Waals surface area (Å²) in [5, 5.41) is 7.63. The zero-order chi connectivity index (χ0) is 4.99. The third kappa shape index (κ3) is 1.98. The first-order valence-electron chi connectivity index (χ1n) is 1.41. The van der Waals surface area contributed by atoms with Gasteiger partial charge in [-0.15, -0.1) is 11.6 Å². The molecule has 0 amide bonds. The molecule has 34 valence electrons. The van der Waals surface area contributed by atoms with Crippen LogP contribution in [0.4, 0.5) is 4.39 Å². The molecule has 0 spiro atoms. The lowest BCUT2D eigenvalue weighted by atomic mass is 10.5. The summed E-state index contributed by atoms with van der Waals surface area (Å²) < 4.78 is 11.4. The molecule has 1 nitrogen and oxygen atoms in total. The monoisotopic (exact) mass is 107 g/mol. The van der Waals surface area contributed by atoms with Gasteiger partial charge in [0.05, 0.1) is 5.88 Å². The van der Waals surface area contributed by atoms with Crippen LogP contribution in [0.15, 0.2) is 0 Å². The Morgan fingerprint density at radius 1 is 2.00 bits per heavy atom. The predicted octanol–water partition coefficient (Wildman–Crippen LogP) is 1.09. The van der Waals surface area contributed by atoms with E-state index in [1.165, 1.54) is 6.07 Å². The Morgan fingerprint density at radius 2 is 2.50 bits per heavy atom. The minimum Gasteiger partial charge on any atom is -0.230 e. The molecule has 0 aromatic heterocycles. The Hall–Kier alpha value is -0.290. The number of hydrogen-bond donors (Lipinski definition) is 0. The first-order chi connectivity index (χ1) is 2.81.